The molecule has 1 rings (SSSR count). The molecule has 0 aliphatic carbocycles. The lowest BCUT2D eigenvalue weighted by atomic mass is 9.83. The van der Waals surface area contributed by atoms with E-state index in [1.54, 1.807) is 13.8 Å². The molecule has 0 saturated carbocycles. The third-order valence-electron chi connectivity index (χ3n) is 4.89. The van der Waals surface area contributed by atoms with Gasteiger partial charge in [0.25, 0.3) is 5.92 Å². The Morgan fingerprint density at radius 3 is 2.54 bits per heavy atom. The molecule has 1 heterocycles. The zero-order valence-corrected chi connectivity index (χ0v) is 15.8. The number of hydrogen-bond donors (Lipinski definition) is 0. The fourth-order valence-electron chi connectivity index (χ4n) is 3.28. The average molecular weight is 345 g/mol. The van der Waals surface area contributed by atoms with Gasteiger partial charge < -0.3 is 9.64 Å². The minimum atomic E-state index is -2.85. The van der Waals surface area contributed by atoms with Gasteiger partial charge in [0, 0.05) is 12.5 Å². The Labute approximate surface area is 145 Å². The number of halogens is 2. The van der Waals surface area contributed by atoms with Crippen LogP contribution in [0.4, 0.5) is 13.6 Å². The molecule has 140 valence electrons. The van der Waals surface area contributed by atoms with E-state index in [-0.39, 0.29) is 5.92 Å². The highest BCUT2D eigenvalue weighted by Crippen LogP contribution is 2.38. The predicted molar refractivity (Wildman–Crippen MR) is 93.2 cm³/mol. The van der Waals surface area contributed by atoms with Crippen LogP contribution < -0.4 is 0 Å². The summed E-state index contributed by atoms with van der Waals surface area (Å²) >= 11 is 0. The number of likely N-dealkylation sites (tertiary alicyclic amines) is 1. The van der Waals surface area contributed by atoms with Crippen LogP contribution in [0.2, 0.25) is 0 Å². The van der Waals surface area contributed by atoms with Crippen LogP contribution in [0.25, 0.3) is 0 Å². The highest BCUT2D eigenvalue weighted by Gasteiger charge is 2.47. The first-order chi connectivity index (χ1) is 11.0. The fourth-order valence-corrected chi connectivity index (χ4v) is 3.28. The van der Waals surface area contributed by atoms with Crippen LogP contribution in [0.5, 0.6) is 0 Å². The van der Waals surface area contributed by atoms with Crippen molar-refractivity contribution >= 4 is 6.09 Å². The quantitative estimate of drug-likeness (QED) is 0.570. The number of hydrogen-bond acceptors (Lipinski definition) is 2. The molecule has 0 aromatic rings. The highest BCUT2D eigenvalue weighted by atomic mass is 19.3. The van der Waals surface area contributed by atoms with Gasteiger partial charge in [0.2, 0.25) is 0 Å². The molecular weight excluding hydrogens is 312 g/mol. The number of nitrogens with zero attached hydrogens (tertiary/aromatic N) is 1. The molecule has 0 aromatic heterocycles. The lowest BCUT2D eigenvalue weighted by Gasteiger charge is -2.40. The monoisotopic (exact) mass is 345 g/mol. The molecule has 5 heteroatoms. The van der Waals surface area contributed by atoms with Gasteiger partial charge in [0.05, 0.1) is 6.54 Å². The standard InChI is InChI=1S/C19H33F2NO2/c1-7-8-15(4)9-11-18(5,6)24-17(23)22-12-10-16(14(2)3)19(20,21)13-22/h7,14-16H,1,8-13H2,2-6H3. The number of amides is 1. The molecule has 3 nitrogen and oxygen atoms in total. The maximum Gasteiger partial charge on any atom is 0.410 e. The van der Waals surface area contributed by atoms with Crippen LogP contribution in [0.1, 0.15) is 60.3 Å². The van der Waals surface area contributed by atoms with E-state index in [1.807, 2.05) is 19.9 Å². The Bertz CT molecular complexity index is 435. The van der Waals surface area contributed by atoms with Gasteiger partial charge in [0.15, 0.2) is 0 Å². The van der Waals surface area contributed by atoms with Gasteiger partial charge in [-0.25, -0.2) is 13.6 Å². The molecule has 24 heavy (non-hydrogen) atoms. The molecule has 1 saturated heterocycles. The van der Waals surface area contributed by atoms with Crippen molar-refractivity contribution in [2.24, 2.45) is 17.8 Å². The molecule has 1 aliphatic rings. The van der Waals surface area contributed by atoms with Crippen LogP contribution in [-0.4, -0.2) is 35.6 Å². The number of carbonyl (C=O) groups excluding carboxylic acids is 1. The maximum atomic E-state index is 14.2. The molecule has 2 atom stereocenters. The lowest BCUT2D eigenvalue weighted by Crippen LogP contribution is -2.53. The van der Waals surface area contributed by atoms with Crippen molar-refractivity contribution < 1.29 is 18.3 Å². The van der Waals surface area contributed by atoms with Gasteiger partial charge in [-0.2, -0.15) is 0 Å². The number of carbonyl (C=O) groups is 1. The summed E-state index contributed by atoms with van der Waals surface area (Å²) in [5.41, 5.74) is -0.656. The Kier molecular flexibility index (Phi) is 7.24. The van der Waals surface area contributed by atoms with Crippen molar-refractivity contribution in [3.63, 3.8) is 0 Å². The van der Waals surface area contributed by atoms with Crippen LogP contribution in [-0.2, 0) is 4.74 Å². The molecule has 0 N–H and O–H groups in total. The molecule has 2 unspecified atom stereocenters. The maximum absolute atomic E-state index is 14.2. The smallest absolute Gasteiger partial charge is 0.410 e. The first-order valence-corrected chi connectivity index (χ1v) is 8.95. The molecule has 0 bridgehead atoms. The summed E-state index contributed by atoms with van der Waals surface area (Å²) in [7, 11) is 0. The predicted octanol–water partition coefficient (Wildman–Crippen LogP) is 5.51. The van der Waals surface area contributed by atoms with Gasteiger partial charge in [-0.15, -0.1) is 6.58 Å². The highest BCUT2D eigenvalue weighted by molar-refractivity contribution is 5.68. The van der Waals surface area contributed by atoms with Gasteiger partial charge in [-0.1, -0.05) is 26.8 Å². The van der Waals surface area contributed by atoms with Crippen molar-refractivity contribution in [2.75, 3.05) is 13.1 Å². The third kappa shape index (κ3) is 6.06. The summed E-state index contributed by atoms with van der Waals surface area (Å²) in [5.74, 6) is -3.16. The second-order valence-corrected chi connectivity index (χ2v) is 8.12. The minimum Gasteiger partial charge on any atom is -0.443 e. The van der Waals surface area contributed by atoms with Gasteiger partial charge in [-0.3, -0.25) is 0 Å². The van der Waals surface area contributed by atoms with Crippen LogP contribution in [0.3, 0.4) is 0 Å². The van der Waals surface area contributed by atoms with Crippen molar-refractivity contribution in [3.05, 3.63) is 12.7 Å². The Morgan fingerprint density at radius 2 is 2.04 bits per heavy atom. The van der Waals surface area contributed by atoms with Crippen molar-refractivity contribution in [2.45, 2.75) is 71.8 Å². The van der Waals surface area contributed by atoms with Gasteiger partial charge in [0.1, 0.15) is 5.60 Å². The second kappa shape index (κ2) is 8.30. The van der Waals surface area contributed by atoms with E-state index in [9.17, 15) is 13.6 Å². The Balaban J connectivity index is 2.57. The second-order valence-electron chi connectivity index (χ2n) is 8.12. The van der Waals surface area contributed by atoms with E-state index in [0.717, 1.165) is 17.7 Å². The summed E-state index contributed by atoms with van der Waals surface area (Å²) in [5, 5.41) is 0. The zero-order valence-electron chi connectivity index (χ0n) is 15.8. The minimum absolute atomic E-state index is 0.0963. The molecular formula is C19H33F2NO2. The number of ether oxygens (including phenoxy) is 1. The van der Waals surface area contributed by atoms with Crippen molar-refractivity contribution in [1.29, 1.82) is 0 Å². The Hall–Kier alpha value is -1.13. The number of piperidine rings is 1. The van der Waals surface area contributed by atoms with E-state index in [0.29, 0.717) is 25.3 Å². The van der Waals surface area contributed by atoms with Crippen molar-refractivity contribution in [3.8, 4) is 0 Å². The molecule has 1 fully saturated rings. The summed E-state index contributed by atoms with van der Waals surface area (Å²) in [6.45, 7) is 12.9. The van der Waals surface area contributed by atoms with Gasteiger partial charge >= 0.3 is 6.09 Å². The van der Waals surface area contributed by atoms with Crippen LogP contribution >= 0.6 is 0 Å². The number of alkyl halides is 2. The number of allylic oxidation sites excluding steroid dienone is 1. The Morgan fingerprint density at radius 1 is 1.42 bits per heavy atom. The third-order valence-corrected chi connectivity index (χ3v) is 4.89. The van der Waals surface area contributed by atoms with Crippen LogP contribution in [0.15, 0.2) is 12.7 Å². The summed E-state index contributed by atoms with van der Waals surface area (Å²) in [6, 6.07) is 0. The average Bonchev–Trinajstić information content (AvgIpc) is 2.43. The lowest BCUT2D eigenvalue weighted by molar-refractivity contribution is -0.124. The van der Waals surface area contributed by atoms with E-state index >= 15 is 0 Å². The topological polar surface area (TPSA) is 29.5 Å². The van der Waals surface area contributed by atoms with Crippen molar-refractivity contribution in [1.82, 2.24) is 4.90 Å². The first kappa shape index (κ1) is 20.9. The summed E-state index contributed by atoms with van der Waals surface area (Å²) in [6.07, 6.45) is 4.09. The SMILES string of the molecule is C=CCC(C)CCC(C)(C)OC(=O)N1CCC(C(C)C)C(F)(F)C1. The fraction of sp³-hybridized carbons (Fsp3) is 0.842. The molecule has 0 aromatic carbocycles. The van der Waals surface area contributed by atoms with E-state index in [2.05, 4.69) is 13.5 Å². The first-order valence-electron chi connectivity index (χ1n) is 8.95. The largest absolute Gasteiger partial charge is 0.443 e. The van der Waals surface area contributed by atoms with E-state index in [1.165, 1.54) is 0 Å². The summed E-state index contributed by atoms with van der Waals surface area (Å²) in [4.78, 5) is 13.5. The van der Waals surface area contributed by atoms with E-state index < -0.39 is 30.1 Å². The number of rotatable bonds is 7. The van der Waals surface area contributed by atoms with E-state index in [4.69, 9.17) is 4.74 Å². The molecule has 1 aliphatic heterocycles. The zero-order chi connectivity index (χ0) is 18.5. The molecule has 1 amide bonds. The normalized spacial score (nSPS) is 22.3. The van der Waals surface area contributed by atoms with Crippen LogP contribution in [0, 0.1) is 17.8 Å². The molecule has 0 spiro atoms. The van der Waals surface area contributed by atoms with Gasteiger partial charge in [-0.05, 0) is 51.4 Å². The summed E-state index contributed by atoms with van der Waals surface area (Å²) < 4.78 is 34.0. The molecule has 0 radical (unpaired) electrons.